The van der Waals surface area contributed by atoms with E-state index in [0.717, 1.165) is 0 Å². The van der Waals surface area contributed by atoms with Crippen molar-refractivity contribution in [1.82, 2.24) is 10.2 Å². The second-order valence-corrected chi connectivity index (χ2v) is 5.20. The second kappa shape index (κ2) is 8.53. The number of hydrogen-bond donors (Lipinski definition) is 2. The van der Waals surface area contributed by atoms with E-state index >= 15 is 0 Å². The number of alkyl halides is 3. The van der Waals surface area contributed by atoms with Crippen LogP contribution in [0.3, 0.4) is 0 Å². The molecule has 1 aromatic rings. The highest BCUT2D eigenvalue weighted by Gasteiger charge is 2.29. The van der Waals surface area contributed by atoms with Crippen LogP contribution in [0.4, 0.5) is 18.9 Å². The molecule has 0 spiro atoms. The number of ether oxygens (including phenoxy) is 1. The zero-order chi connectivity index (χ0) is 18.3. The molecule has 2 N–H and O–H groups in total. The quantitative estimate of drug-likeness (QED) is 0.787. The number of anilines is 1. The Bertz CT molecular complexity index is 579. The lowest BCUT2D eigenvalue weighted by Gasteiger charge is -2.23. The molecule has 0 aliphatic carbocycles. The van der Waals surface area contributed by atoms with E-state index in [4.69, 9.17) is 4.74 Å². The molecule has 24 heavy (non-hydrogen) atoms. The molecule has 0 unspecified atom stereocenters. The maximum absolute atomic E-state index is 12.1. The summed E-state index contributed by atoms with van der Waals surface area (Å²) in [5, 5.41) is 4.41. The molecule has 0 aliphatic heterocycles. The summed E-state index contributed by atoms with van der Waals surface area (Å²) in [7, 11) is 2.97. The minimum Gasteiger partial charge on any atom is -0.497 e. The zero-order valence-electron chi connectivity index (χ0n) is 13.6. The minimum atomic E-state index is -4.47. The first-order chi connectivity index (χ1) is 11.1. The van der Waals surface area contributed by atoms with Gasteiger partial charge in [0.25, 0.3) is 0 Å². The lowest BCUT2D eigenvalue weighted by atomic mass is 10.2. The predicted molar refractivity (Wildman–Crippen MR) is 82.8 cm³/mol. The fourth-order valence-electron chi connectivity index (χ4n) is 1.80. The van der Waals surface area contributed by atoms with Gasteiger partial charge in [0.05, 0.1) is 19.7 Å². The van der Waals surface area contributed by atoms with Crippen molar-refractivity contribution in [3.05, 3.63) is 24.3 Å². The van der Waals surface area contributed by atoms with E-state index in [1.807, 2.05) is 0 Å². The van der Waals surface area contributed by atoms with Gasteiger partial charge in [0.2, 0.25) is 11.8 Å². The predicted octanol–water partition coefficient (Wildman–Crippen LogP) is 1.63. The molecule has 0 bridgehead atoms. The Morgan fingerprint density at radius 3 is 2.58 bits per heavy atom. The van der Waals surface area contributed by atoms with Gasteiger partial charge in [0, 0.05) is 11.8 Å². The Labute approximate surface area is 138 Å². The Kier molecular flexibility index (Phi) is 7.02. The summed E-state index contributed by atoms with van der Waals surface area (Å²) >= 11 is 0. The second-order valence-electron chi connectivity index (χ2n) is 5.20. The number of nitrogens with one attached hydrogen (secondary N) is 2. The van der Waals surface area contributed by atoms with Gasteiger partial charge in [-0.1, -0.05) is 6.07 Å². The first-order valence-electron chi connectivity index (χ1n) is 7.11. The summed E-state index contributed by atoms with van der Waals surface area (Å²) in [6.45, 7) is -0.137. The molecule has 134 valence electrons. The molecule has 6 nitrogen and oxygen atoms in total. The fraction of sp³-hybridized carbons (Fsp3) is 0.467. The normalized spacial score (nSPS) is 12.6. The Morgan fingerprint density at radius 1 is 1.33 bits per heavy atom. The zero-order valence-corrected chi connectivity index (χ0v) is 13.6. The highest BCUT2D eigenvalue weighted by molar-refractivity contribution is 5.93. The molecule has 1 aromatic carbocycles. The van der Waals surface area contributed by atoms with E-state index in [-0.39, 0.29) is 6.54 Å². The van der Waals surface area contributed by atoms with Crippen LogP contribution in [0.25, 0.3) is 0 Å². The Hall–Kier alpha value is -2.29. The lowest BCUT2D eigenvalue weighted by molar-refractivity contribution is -0.141. The molecule has 1 rings (SSSR count). The fourth-order valence-corrected chi connectivity index (χ4v) is 1.80. The summed E-state index contributed by atoms with van der Waals surface area (Å²) in [6, 6.07) is 5.82. The lowest BCUT2D eigenvalue weighted by Crippen LogP contribution is -2.47. The van der Waals surface area contributed by atoms with Crippen LogP contribution in [-0.2, 0) is 9.59 Å². The summed E-state index contributed by atoms with van der Waals surface area (Å²) in [5.74, 6) is -0.633. The molecule has 0 saturated carbocycles. The van der Waals surface area contributed by atoms with E-state index < -0.39 is 30.6 Å². The molecular formula is C15H20F3N3O3. The van der Waals surface area contributed by atoms with Crippen LogP contribution in [0.15, 0.2) is 24.3 Å². The molecule has 0 radical (unpaired) electrons. The van der Waals surface area contributed by atoms with Crippen molar-refractivity contribution in [3.63, 3.8) is 0 Å². The summed E-state index contributed by atoms with van der Waals surface area (Å²) in [6.07, 6.45) is -4.47. The number of amides is 2. The van der Waals surface area contributed by atoms with E-state index in [1.54, 1.807) is 29.6 Å². The van der Waals surface area contributed by atoms with Crippen molar-refractivity contribution in [2.75, 3.05) is 32.6 Å². The van der Waals surface area contributed by atoms with Gasteiger partial charge in [-0.2, -0.15) is 13.2 Å². The molecule has 0 saturated heterocycles. The number of rotatable bonds is 7. The van der Waals surface area contributed by atoms with Gasteiger partial charge < -0.3 is 15.4 Å². The van der Waals surface area contributed by atoms with Gasteiger partial charge in [-0.25, -0.2) is 0 Å². The van der Waals surface area contributed by atoms with Gasteiger partial charge in [0.15, 0.2) is 0 Å². The molecule has 0 aromatic heterocycles. The van der Waals surface area contributed by atoms with Crippen molar-refractivity contribution in [2.45, 2.75) is 19.1 Å². The smallest absolute Gasteiger partial charge is 0.405 e. The summed E-state index contributed by atoms with van der Waals surface area (Å²) in [5.41, 5.74) is 0.516. The van der Waals surface area contributed by atoms with Crippen LogP contribution >= 0.6 is 0 Å². The highest BCUT2D eigenvalue weighted by Crippen LogP contribution is 2.16. The van der Waals surface area contributed by atoms with Crippen LogP contribution < -0.4 is 15.4 Å². The van der Waals surface area contributed by atoms with E-state index in [9.17, 15) is 22.8 Å². The third-order valence-electron chi connectivity index (χ3n) is 3.25. The van der Waals surface area contributed by atoms with Crippen LogP contribution in [0.5, 0.6) is 5.75 Å². The number of methoxy groups -OCH3 is 1. The summed E-state index contributed by atoms with van der Waals surface area (Å²) < 4.78 is 41.3. The van der Waals surface area contributed by atoms with Crippen molar-refractivity contribution in [1.29, 1.82) is 0 Å². The molecule has 9 heteroatoms. The topological polar surface area (TPSA) is 70.7 Å². The van der Waals surface area contributed by atoms with Crippen molar-refractivity contribution < 1.29 is 27.5 Å². The molecule has 1 atom stereocenters. The van der Waals surface area contributed by atoms with Crippen LogP contribution in [0.1, 0.15) is 6.92 Å². The van der Waals surface area contributed by atoms with Crippen molar-refractivity contribution >= 4 is 17.5 Å². The van der Waals surface area contributed by atoms with Crippen LogP contribution in [0, 0.1) is 0 Å². The molecular weight excluding hydrogens is 327 g/mol. The monoisotopic (exact) mass is 347 g/mol. The molecule has 0 aliphatic rings. The van der Waals surface area contributed by atoms with Crippen molar-refractivity contribution in [2.24, 2.45) is 0 Å². The first-order valence-corrected chi connectivity index (χ1v) is 7.11. The largest absolute Gasteiger partial charge is 0.497 e. The van der Waals surface area contributed by atoms with Crippen LogP contribution in [-0.4, -0.2) is 56.2 Å². The average molecular weight is 347 g/mol. The molecule has 0 fully saturated rings. The van der Waals surface area contributed by atoms with E-state index in [2.05, 4.69) is 5.32 Å². The summed E-state index contributed by atoms with van der Waals surface area (Å²) in [4.78, 5) is 25.0. The third kappa shape index (κ3) is 6.86. The van der Waals surface area contributed by atoms with Gasteiger partial charge in [-0.15, -0.1) is 0 Å². The SMILES string of the molecule is COc1cccc(NC(=O)CN(C)[C@@H](C)C(=O)NCC(F)(F)F)c1. The molecule has 0 heterocycles. The standard InChI is InChI=1S/C15H20F3N3O3/c1-10(14(23)19-9-15(16,17)18)21(2)8-13(22)20-11-5-4-6-12(7-11)24-3/h4-7,10H,8-9H2,1-3H3,(H,19,23)(H,20,22)/t10-/m0/s1. The first kappa shape index (κ1) is 19.8. The molecule has 2 amide bonds. The number of carbonyl (C=O) groups excluding carboxylic acids is 2. The number of likely N-dealkylation sites (N-methyl/N-ethyl adjacent to an activating group) is 1. The highest BCUT2D eigenvalue weighted by atomic mass is 19.4. The number of hydrogen-bond acceptors (Lipinski definition) is 4. The Morgan fingerprint density at radius 2 is 2.00 bits per heavy atom. The van der Waals surface area contributed by atoms with Gasteiger partial charge >= 0.3 is 6.18 Å². The third-order valence-corrected chi connectivity index (χ3v) is 3.25. The number of carbonyl (C=O) groups is 2. The van der Waals surface area contributed by atoms with Crippen LogP contribution in [0.2, 0.25) is 0 Å². The number of nitrogens with zero attached hydrogens (tertiary/aromatic N) is 1. The van der Waals surface area contributed by atoms with Crippen molar-refractivity contribution in [3.8, 4) is 5.75 Å². The van der Waals surface area contributed by atoms with Gasteiger partial charge in [0.1, 0.15) is 12.3 Å². The number of halogens is 3. The maximum atomic E-state index is 12.1. The maximum Gasteiger partial charge on any atom is 0.405 e. The van der Waals surface area contributed by atoms with E-state index in [1.165, 1.54) is 26.0 Å². The van der Waals surface area contributed by atoms with Gasteiger partial charge in [-0.3, -0.25) is 14.5 Å². The van der Waals surface area contributed by atoms with Gasteiger partial charge in [-0.05, 0) is 26.1 Å². The minimum absolute atomic E-state index is 0.155. The number of benzene rings is 1. The average Bonchev–Trinajstić information content (AvgIpc) is 2.51. The van der Waals surface area contributed by atoms with E-state index in [0.29, 0.717) is 11.4 Å². The Balaban J connectivity index is 2.51.